The zero-order chi connectivity index (χ0) is 20.5. The maximum atomic E-state index is 12.8. The summed E-state index contributed by atoms with van der Waals surface area (Å²) in [7, 11) is -3.86. The summed E-state index contributed by atoms with van der Waals surface area (Å²) in [6.45, 7) is 4.85. The van der Waals surface area contributed by atoms with Crippen molar-refractivity contribution in [3.63, 3.8) is 0 Å². The first-order valence-corrected chi connectivity index (χ1v) is 10.2. The molecule has 0 bridgehead atoms. The van der Waals surface area contributed by atoms with Gasteiger partial charge in [0.1, 0.15) is 16.0 Å². The second-order valence-electron chi connectivity index (χ2n) is 7.35. The number of nitrogens with one attached hydrogen (secondary N) is 1. The number of ether oxygens (including phenoxy) is 1. The number of piperidine rings is 1. The fourth-order valence-corrected chi connectivity index (χ4v) is 4.73. The van der Waals surface area contributed by atoms with Crippen molar-refractivity contribution in [2.75, 3.05) is 13.1 Å². The van der Waals surface area contributed by atoms with Crippen molar-refractivity contribution >= 4 is 33.7 Å². The fraction of sp³-hybridized carbons (Fsp3) is 0.529. The van der Waals surface area contributed by atoms with Crippen molar-refractivity contribution in [2.45, 2.75) is 49.6 Å². The van der Waals surface area contributed by atoms with Crippen LogP contribution in [0.5, 0.6) is 0 Å². The van der Waals surface area contributed by atoms with Gasteiger partial charge in [-0.25, -0.2) is 18.0 Å². The van der Waals surface area contributed by atoms with Crippen LogP contribution in [0.3, 0.4) is 0 Å². The first kappa shape index (κ1) is 21.5. The van der Waals surface area contributed by atoms with Crippen molar-refractivity contribution in [3.05, 3.63) is 29.3 Å². The van der Waals surface area contributed by atoms with Gasteiger partial charge in [0, 0.05) is 13.1 Å². The Balaban J connectivity index is 2.16. The molecule has 0 saturated carbocycles. The van der Waals surface area contributed by atoms with Crippen LogP contribution in [-0.2, 0) is 19.6 Å². The van der Waals surface area contributed by atoms with Crippen LogP contribution in [0.2, 0.25) is 5.02 Å². The third-order valence-electron chi connectivity index (χ3n) is 4.18. The SMILES string of the molecule is CC(C)(C)OC(=O)NC1(C(=O)O)CCN(S(=O)(=O)c2ccccc2Cl)CC1. The molecule has 0 spiro atoms. The Bertz CT molecular complexity index is 826. The second-order valence-corrected chi connectivity index (χ2v) is 9.66. The van der Waals surface area contributed by atoms with Crippen LogP contribution in [0, 0.1) is 0 Å². The van der Waals surface area contributed by atoms with Gasteiger partial charge in [-0.3, -0.25) is 0 Å². The molecule has 27 heavy (non-hydrogen) atoms. The molecule has 0 radical (unpaired) electrons. The van der Waals surface area contributed by atoms with Gasteiger partial charge in [-0.2, -0.15) is 4.31 Å². The summed E-state index contributed by atoms with van der Waals surface area (Å²) in [6, 6.07) is 6.06. The topological polar surface area (TPSA) is 113 Å². The first-order chi connectivity index (χ1) is 12.4. The number of halogens is 1. The molecule has 8 nitrogen and oxygen atoms in total. The lowest BCUT2D eigenvalue weighted by Gasteiger charge is -2.38. The maximum absolute atomic E-state index is 12.8. The number of alkyl carbamates (subject to hydrolysis) is 1. The Labute approximate surface area is 163 Å². The Morgan fingerprint density at radius 1 is 1.22 bits per heavy atom. The normalized spacial score (nSPS) is 17.9. The van der Waals surface area contributed by atoms with Crippen LogP contribution in [0.25, 0.3) is 0 Å². The Kier molecular flexibility index (Phi) is 6.08. The van der Waals surface area contributed by atoms with E-state index in [0.29, 0.717) is 0 Å². The number of hydrogen-bond donors (Lipinski definition) is 2. The van der Waals surface area contributed by atoms with Crippen LogP contribution < -0.4 is 5.32 Å². The zero-order valence-corrected chi connectivity index (χ0v) is 16.9. The molecule has 1 heterocycles. The third kappa shape index (κ3) is 4.91. The Morgan fingerprint density at radius 3 is 2.26 bits per heavy atom. The number of carboxylic acid groups (broad SMARTS) is 1. The highest BCUT2D eigenvalue weighted by molar-refractivity contribution is 7.89. The highest BCUT2D eigenvalue weighted by Gasteiger charge is 2.46. The standard InChI is InChI=1S/C17H23ClN2O6S/c1-16(2,3)26-15(23)19-17(14(21)22)8-10-20(11-9-17)27(24,25)13-7-5-4-6-12(13)18/h4-7H,8-11H2,1-3H3,(H,19,23)(H,21,22). The average Bonchev–Trinajstić information content (AvgIpc) is 2.53. The smallest absolute Gasteiger partial charge is 0.408 e. The van der Waals surface area contributed by atoms with Crippen molar-refractivity contribution in [1.29, 1.82) is 0 Å². The molecular weight excluding hydrogens is 396 g/mol. The van der Waals surface area contributed by atoms with Crippen LogP contribution in [0.1, 0.15) is 33.6 Å². The van der Waals surface area contributed by atoms with E-state index in [1.54, 1.807) is 32.9 Å². The highest BCUT2D eigenvalue weighted by atomic mass is 35.5. The summed E-state index contributed by atoms with van der Waals surface area (Å²) in [6.07, 6.45) is -1.04. The second kappa shape index (κ2) is 7.65. The lowest BCUT2D eigenvalue weighted by molar-refractivity contribution is -0.146. The number of aliphatic carboxylic acids is 1. The average molecular weight is 419 g/mol. The molecule has 1 saturated heterocycles. The van der Waals surface area contributed by atoms with E-state index < -0.39 is 33.2 Å². The minimum atomic E-state index is -3.86. The van der Waals surface area contributed by atoms with E-state index in [4.69, 9.17) is 16.3 Å². The molecule has 1 aliphatic heterocycles. The molecular formula is C17H23ClN2O6S. The highest BCUT2D eigenvalue weighted by Crippen LogP contribution is 2.30. The van der Waals surface area contributed by atoms with Gasteiger partial charge in [0.2, 0.25) is 10.0 Å². The van der Waals surface area contributed by atoms with Gasteiger partial charge in [-0.1, -0.05) is 23.7 Å². The number of carbonyl (C=O) groups excluding carboxylic acids is 1. The monoisotopic (exact) mass is 418 g/mol. The van der Waals surface area contributed by atoms with E-state index in [0.717, 1.165) is 0 Å². The molecule has 0 unspecified atom stereocenters. The lowest BCUT2D eigenvalue weighted by Crippen LogP contribution is -2.61. The molecule has 150 valence electrons. The minimum Gasteiger partial charge on any atom is -0.480 e. The molecule has 10 heteroatoms. The number of sulfonamides is 1. The zero-order valence-electron chi connectivity index (χ0n) is 15.4. The van der Waals surface area contributed by atoms with Crippen LogP contribution in [0.4, 0.5) is 4.79 Å². The summed E-state index contributed by atoms with van der Waals surface area (Å²) < 4.78 is 31.9. The van der Waals surface area contributed by atoms with E-state index in [1.807, 2.05) is 0 Å². The van der Waals surface area contributed by atoms with Gasteiger partial charge in [0.25, 0.3) is 0 Å². The van der Waals surface area contributed by atoms with Crippen LogP contribution >= 0.6 is 11.6 Å². The maximum Gasteiger partial charge on any atom is 0.408 e. The number of rotatable bonds is 4. The number of carboxylic acids is 1. The molecule has 0 aliphatic carbocycles. The van der Waals surface area contributed by atoms with Crippen molar-refractivity contribution < 1.29 is 27.9 Å². The van der Waals surface area contributed by atoms with Gasteiger partial charge in [0.05, 0.1) is 5.02 Å². The predicted octanol–water partition coefficient (Wildman–Crippen LogP) is 2.47. The van der Waals surface area contributed by atoms with E-state index in [9.17, 15) is 23.1 Å². The molecule has 1 aromatic rings. The molecule has 0 atom stereocenters. The summed E-state index contributed by atoms with van der Waals surface area (Å²) in [5.74, 6) is -1.23. The Morgan fingerprint density at radius 2 is 1.78 bits per heavy atom. The largest absolute Gasteiger partial charge is 0.480 e. The Hall–Kier alpha value is -1.84. The summed E-state index contributed by atoms with van der Waals surface area (Å²) in [4.78, 5) is 23.8. The molecule has 1 aliphatic rings. The van der Waals surface area contributed by atoms with Gasteiger partial charge < -0.3 is 15.2 Å². The van der Waals surface area contributed by atoms with Gasteiger partial charge >= 0.3 is 12.1 Å². The van der Waals surface area contributed by atoms with Gasteiger partial charge in [-0.05, 0) is 45.7 Å². The molecule has 1 fully saturated rings. The van der Waals surface area contributed by atoms with Crippen LogP contribution in [0.15, 0.2) is 29.2 Å². The quantitative estimate of drug-likeness (QED) is 0.776. The van der Waals surface area contributed by atoms with E-state index in [2.05, 4.69) is 5.32 Å². The fourth-order valence-electron chi connectivity index (χ4n) is 2.79. The molecule has 2 N–H and O–H groups in total. The summed E-state index contributed by atoms with van der Waals surface area (Å²) in [5, 5.41) is 12.1. The predicted molar refractivity (Wildman–Crippen MR) is 99.2 cm³/mol. The number of hydrogen-bond acceptors (Lipinski definition) is 5. The van der Waals surface area contributed by atoms with Crippen LogP contribution in [-0.4, -0.2) is 54.1 Å². The summed E-state index contributed by atoms with van der Waals surface area (Å²) >= 11 is 5.99. The van der Waals surface area contributed by atoms with Crippen molar-refractivity contribution in [3.8, 4) is 0 Å². The minimum absolute atomic E-state index is 0.0328. The third-order valence-corrected chi connectivity index (χ3v) is 6.58. The van der Waals surface area contributed by atoms with Gasteiger partial charge in [-0.15, -0.1) is 0 Å². The number of nitrogens with zero attached hydrogens (tertiary/aromatic N) is 1. The molecule has 0 aromatic heterocycles. The van der Waals surface area contributed by atoms with E-state index in [-0.39, 0.29) is 35.8 Å². The van der Waals surface area contributed by atoms with E-state index >= 15 is 0 Å². The number of carbonyl (C=O) groups is 2. The lowest BCUT2D eigenvalue weighted by atomic mass is 9.88. The summed E-state index contributed by atoms with van der Waals surface area (Å²) in [5.41, 5.74) is -2.37. The number of benzene rings is 1. The van der Waals surface area contributed by atoms with Crippen molar-refractivity contribution in [1.82, 2.24) is 9.62 Å². The van der Waals surface area contributed by atoms with Crippen molar-refractivity contribution in [2.24, 2.45) is 0 Å². The van der Waals surface area contributed by atoms with Gasteiger partial charge in [0.15, 0.2) is 0 Å². The van der Waals surface area contributed by atoms with E-state index in [1.165, 1.54) is 16.4 Å². The molecule has 1 aromatic carbocycles. The number of amides is 1. The molecule has 2 rings (SSSR count). The first-order valence-electron chi connectivity index (χ1n) is 8.37. The molecule has 1 amide bonds.